The third-order valence-electron chi connectivity index (χ3n) is 3.08. The molecule has 3 amide bonds. The fourth-order valence-corrected chi connectivity index (χ4v) is 2.05. The van der Waals surface area contributed by atoms with Gasteiger partial charge >= 0.3 is 6.03 Å². The minimum Gasteiger partial charge on any atom is -0.508 e. The second kappa shape index (κ2) is 7.84. The van der Waals surface area contributed by atoms with E-state index in [0.29, 0.717) is 23.5 Å². The van der Waals surface area contributed by atoms with E-state index in [0.717, 1.165) is 0 Å². The highest BCUT2D eigenvalue weighted by Crippen LogP contribution is 2.18. The molecule has 120 valence electrons. The van der Waals surface area contributed by atoms with Crippen molar-refractivity contribution in [3.8, 4) is 5.75 Å². The zero-order valence-corrected chi connectivity index (χ0v) is 12.8. The molecule has 0 saturated carbocycles. The van der Waals surface area contributed by atoms with E-state index < -0.39 is 0 Å². The maximum atomic E-state index is 12.0. The SMILES string of the molecule is CCNC(=O)Nc1cccc(NC(=O)Cc2ccccc2O)c1. The number of carbonyl (C=O) groups is 2. The van der Waals surface area contributed by atoms with Crippen LogP contribution in [0.2, 0.25) is 0 Å². The predicted octanol–water partition coefficient (Wildman–Crippen LogP) is 2.71. The van der Waals surface area contributed by atoms with Gasteiger partial charge in [-0.2, -0.15) is 0 Å². The molecule has 0 unspecified atom stereocenters. The minimum atomic E-state index is -0.301. The lowest BCUT2D eigenvalue weighted by molar-refractivity contribution is -0.115. The van der Waals surface area contributed by atoms with Crippen LogP contribution in [0.3, 0.4) is 0 Å². The van der Waals surface area contributed by atoms with E-state index in [1.54, 1.807) is 48.5 Å². The Labute approximate surface area is 134 Å². The Kier molecular flexibility index (Phi) is 5.57. The van der Waals surface area contributed by atoms with Gasteiger partial charge in [-0.05, 0) is 31.2 Å². The van der Waals surface area contributed by atoms with Gasteiger partial charge in [0, 0.05) is 23.5 Å². The van der Waals surface area contributed by atoms with Gasteiger partial charge < -0.3 is 21.1 Å². The number of aromatic hydroxyl groups is 1. The standard InChI is InChI=1S/C17H19N3O3/c1-2-18-17(23)20-14-8-5-7-13(11-14)19-16(22)10-12-6-3-4-9-15(12)21/h3-9,11,21H,2,10H2,1H3,(H,19,22)(H2,18,20,23). The predicted molar refractivity (Wildman–Crippen MR) is 89.6 cm³/mol. The molecular formula is C17H19N3O3. The summed E-state index contributed by atoms with van der Waals surface area (Å²) in [6.45, 7) is 2.36. The number of rotatable bonds is 5. The van der Waals surface area contributed by atoms with Gasteiger partial charge in [-0.25, -0.2) is 4.79 Å². The first-order valence-corrected chi connectivity index (χ1v) is 7.30. The maximum Gasteiger partial charge on any atom is 0.319 e. The third kappa shape index (κ3) is 5.03. The van der Waals surface area contributed by atoms with Gasteiger partial charge in [-0.1, -0.05) is 24.3 Å². The molecule has 6 nitrogen and oxygen atoms in total. The first kappa shape index (κ1) is 16.4. The molecule has 23 heavy (non-hydrogen) atoms. The van der Waals surface area contributed by atoms with Crippen molar-refractivity contribution in [2.45, 2.75) is 13.3 Å². The van der Waals surface area contributed by atoms with Gasteiger partial charge in [0.1, 0.15) is 5.75 Å². The number of benzene rings is 2. The third-order valence-corrected chi connectivity index (χ3v) is 3.08. The minimum absolute atomic E-state index is 0.0701. The van der Waals surface area contributed by atoms with Crippen molar-refractivity contribution in [2.75, 3.05) is 17.2 Å². The van der Waals surface area contributed by atoms with Gasteiger partial charge in [0.25, 0.3) is 0 Å². The molecule has 6 heteroatoms. The van der Waals surface area contributed by atoms with Crippen LogP contribution in [0.1, 0.15) is 12.5 Å². The van der Waals surface area contributed by atoms with Crippen LogP contribution in [-0.4, -0.2) is 23.6 Å². The van der Waals surface area contributed by atoms with Gasteiger partial charge in [0.15, 0.2) is 0 Å². The number of nitrogens with one attached hydrogen (secondary N) is 3. The summed E-state index contributed by atoms with van der Waals surface area (Å²) >= 11 is 0. The highest BCUT2D eigenvalue weighted by Gasteiger charge is 2.08. The average Bonchev–Trinajstić information content (AvgIpc) is 2.50. The molecule has 0 aliphatic carbocycles. The summed E-state index contributed by atoms with van der Waals surface area (Å²) in [5.41, 5.74) is 1.71. The number of hydrogen-bond acceptors (Lipinski definition) is 3. The molecule has 0 saturated heterocycles. The first-order valence-electron chi connectivity index (χ1n) is 7.30. The number of amides is 3. The molecule has 2 aromatic carbocycles. The van der Waals surface area contributed by atoms with Crippen LogP contribution in [0.4, 0.5) is 16.2 Å². The van der Waals surface area contributed by atoms with E-state index in [9.17, 15) is 14.7 Å². The van der Waals surface area contributed by atoms with Gasteiger partial charge in [0.2, 0.25) is 5.91 Å². The summed E-state index contributed by atoms with van der Waals surface area (Å²) in [6.07, 6.45) is 0.0701. The van der Waals surface area contributed by atoms with Crippen molar-refractivity contribution in [3.05, 3.63) is 54.1 Å². The molecule has 4 N–H and O–H groups in total. The molecule has 2 aromatic rings. The van der Waals surface area contributed by atoms with Crippen LogP contribution >= 0.6 is 0 Å². The molecule has 2 rings (SSSR count). The zero-order valence-electron chi connectivity index (χ0n) is 12.8. The highest BCUT2D eigenvalue weighted by atomic mass is 16.3. The zero-order chi connectivity index (χ0) is 16.7. The molecule has 0 atom stereocenters. The fourth-order valence-electron chi connectivity index (χ4n) is 2.05. The lowest BCUT2D eigenvalue weighted by Gasteiger charge is -2.09. The Morgan fingerprint density at radius 3 is 2.39 bits per heavy atom. The summed E-state index contributed by atoms with van der Waals surface area (Å²) in [7, 11) is 0. The summed E-state index contributed by atoms with van der Waals surface area (Å²) < 4.78 is 0. The molecule has 0 heterocycles. The van der Waals surface area contributed by atoms with Crippen LogP contribution in [0.25, 0.3) is 0 Å². The Balaban J connectivity index is 1.98. The normalized spacial score (nSPS) is 9.96. The lowest BCUT2D eigenvalue weighted by atomic mass is 10.1. The number of anilines is 2. The van der Waals surface area contributed by atoms with E-state index >= 15 is 0 Å². The Hall–Kier alpha value is -3.02. The van der Waals surface area contributed by atoms with Crippen molar-refractivity contribution in [1.29, 1.82) is 0 Å². The Morgan fingerprint density at radius 2 is 1.70 bits per heavy atom. The lowest BCUT2D eigenvalue weighted by Crippen LogP contribution is -2.28. The maximum absolute atomic E-state index is 12.0. The number of phenols is 1. The number of carbonyl (C=O) groups excluding carboxylic acids is 2. The largest absolute Gasteiger partial charge is 0.508 e. The quantitative estimate of drug-likeness (QED) is 0.684. The molecule has 0 radical (unpaired) electrons. The molecule has 0 fully saturated rings. The van der Waals surface area contributed by atoms with Crippen molar-refractivity contribution in [1.82, 2.24) is 5.32 Å². The second-order valence-electron chi connectivity index (χ2n) is 4.92. The molecule has 0 bridgehead atoms. The molecule has 0 aliphatic rings. The number of hydrogen-bond donors (Lipinski definition) is 4. The van der Waals surface area contributed by atoms with Crippen LogP contribution in [-0.2, 0) is 11.2 Å². The van der Waals surface area contributed by atoms with Crippen molar-refractivity contribution in [2.24, 2.45) is 0 Å². The topological polar surface area (TPSA) is 90.5 Å². The smallest absolute Gasteiger partial charge is 0.319 e. The van der Waals surface area contributed by atoms with Crippen molar-refractivity contribution >= 4 is 23.3 Å². The van der Waals surface area contributed by atoms with E-state index in [1.807, 2.05) is 6.92 Å². The van der Waals surface area contributed by atoms with Gasteiger partial charge in [-0.15, -0.1) is 0 Å². The summed E-state index contributed by atoms with van der Waals surface area (Å²) in [5, 5.41) is 17.7. The van der Waals surface area contributed by atoms with Crippen LogP contribution < -0.4 is 16.0 Å². The highest BCUT2D eigenvalue weighted by molar-refractivity contribution is 5.94. The van der Waals surface area contributed by atoms with Crippen molar-refractivity contribution < 1.29 is 14.7 Å². The van der Waals surface area contributed by atoms with Gasteiger partial charge in [0.05, 0.1) is 6.42 Å². The summed E-state index contributed by atoms with van der Waals surface area (Å²) in [4.78, 5) is 23.5. The van der Waals surface area contributed by atoms with Crippen LogP contribution in [0, 0.1) is 0 Å². The van der Waals surface area contributed by atoms with Crippen LogP contribution in [0.15, 0.2) is 48.5 Å². The monoisotopic (exact) mass is 313 g/mol. The van der Waals surface area contributed by atoms with Crippen molar-refractivity contribution in [3.63, 3.8) is 0 Å². The van der Waals surface area contributed by atoms with Gasteiger partial charge in [-0.3, -0.25) is 4.79 Å². The Bertz CT molecular complexity index is 701. The summed E-state index contributed by atoms with van der Waals surface area (Å²) in [6, 6.07) is 13.3. The number of urea groups is 1. The molecule has 0 aromatic heterocycles. The fraction of sp³-hybridized carbons (Fsp3) is 0.176. The van der Waals surface area contributed by atoms with E-state index in [2.05, 4.69) is 16.0 Å². The molecule has 0 aliphatic heterocycles. The number of para-hydroxylation sites is 1. The number of phenolic OH excluding ortho intramolecular Hbond substituents is 1. The van der Waals surface area contributed by atoms with Crippen LogP contribution in [0.5, 0.6) is 5.75 Å². The average molecular weight is 313 g/mol. The summed E-state index contributed by atoms with van der Waals surface area (Å²) in [5.74, 6) is -0.157. The van der Waals surface area contributed by atoms with E-state index in [-0.39, 0.29) is 24.1 Å². The van der Waals surface area contributed by atoms with E-state index in [1.165, 1.54) is 0 Å². The first-order chi connectivity index (χ1) is 11.1. The molecular weight excluding hydrogens is 294 g/mol. The van der Waals surface area contributed by atoms with E-state index in [4.69, 9.17) is 0 Å². The second-order valence-corrected chi connectivity index (χ2v) is 4.92. The molecule has 0 spiro atoms. The Morgan fingerprint density at radius 1 is 1.00 bits per heavy atom.